The summed E-state index contributed by atoms with van der Waals surface area (Å²) in [6.07, 6.45) is 0. The molecule has 0 bridgehead atoms. The molecule has 0 atom stereocenters. The van der Waals surface area contributed by atoms with E-state index in [1.165, 1.54) is 18.2 Å². The van der Waals surface area contributed by atoms with Crippen LogP contribution in [0.2, 0.25) is 0 Å². The zero-order chi connectivity index (χ0) is 16.0. The average Bonchev–Trinajstić information content (AvgIpc) is 2.44. The molecule has 1 amide bonds. The van der Waals surface area contributed by atoms with Gasteiger partial charge in [0.25, 0.3) is 11.6 Å². The van der Waals surface area contributed by atoms with Gasteiger partial charge in [-0.05, 0) is 18.0 Å². The quantitative estimate of drug-likeness (QED) is 0.606. The van der Waals surface area contributed by atoms with Gasteiger partial charge in [-0.3, -0.25) is 14.9 Å². The Morgan fingerprint density at radius 3 is 2.71 bits per heavy atom. The van der Waals surface area contributed by atoms with E-state index in [4.69, 9.17) is 10.5 Å². The number of nitrogens with two attached hydrogens (primary N) is 1. The number of nitrogens with zero attached hydrogens (tertiary/aromatic N) is 2. The van der Waals surface area contributed by atoms with Gasteiger partial charge in [-0.25, -0.2) is 0 Å². The van der Waals surface area contributed by atoms with Crippen molar-refractivity contribution in [2.75, 3.05) is 26.7 Å². The van der Waals surface area contributed by atoms with Crippen LogP contribution in [0.3, 0.4) is 0 Å². The molecule has 7 nitrogen and oxygen atoms in total. The van der Waals surface area contributed by atoms with Crippen molar-refractivity contribution in [2.45, 2.75) is 13.8 Å². The molecule has 116 valence electrons. The number of hydrogen-bond acceptors (Lipinski definition) is 5. The van der Waals surface area contributed by atoms with Gasteiger partial charge in [0.05, 0.1) is 11.0 Å². The van der Waals surface area contributed by atoms with Gasteiger partial charge < -0.3 is 15.4 Å². The van der Waals surface area contributed by atoms with E-state index in [1.807, 2.05) is 13.8 Å². The first-order valence-corrected chi connectivity index (χ1v) is 6.56. The molecule has 1 rings (SSSR count). The van der Waals surface area contributed by atoms with E-state index in [0.29, 0.717) is 18.8 Å². The van der Waals surface area contributed by atoms with E-state index in [0.717, 1.165) is 0 Å². The number of likely N-dealkylation sites (N-methyl/N-ethyl adjacent to an activating group) is 1. The van der Waals surface area contributed by atoms with Crippen LogP contribution in [0.15, 0.2) is 24.3 Å². The minimum Gasteiger partial charge on any atom is -0.484 e. The molecule has 0 spiro atoms. The summed E-state index contributed by atoms with van der Waals surface area (Å²) in [5.74, 6) is 0.0899. The summed E-state index contributed by atoms with van der Waals surface area (Å²) in [6, 6.07) is 5.74. The van der Waals surface area contributed by atoms with Crippen molar-refractivity contribution in [1.82, 2.24) is 4.90 Å². The fraction of sp³-hybridized carbons (Fsp3) is 0.500. The Morgan fingerprint density at radius 2 is 2.14 bits per heavy atom. The maximum absolute atomic E-state index is 12.0. The Balaban J connectivity index is 2.56. The number of carbonyl (C=O) groups is 1. The van der Waals surface area contributed by atoms with Crippen LogP contribution in [0.5, 0.6) is 5.75 Å². The second-order valence-electron chi connectivity index (χ2n) is 5.66. The maximum atomic E-state index is 12.0. The van der Waals surface area contributed by atoms with Crippen LogP contribution in [0.4, 0.5) is 5.69 Å². The van der Waals surface area contributed by atoms with Gasteiger partial charge in [0.2, 0.25) is 0 Å². The molecule has 1 aromatic rings. The largest absolute Gasteiger partial charge is 0.484 e. The third-order valence-corrected chi connectivity index (χ3v) is 3.03. The minimum absolute atomic E-state index is 0.0717. The number of hydrogen-bond donors (Lipinski definition) is 1. The van der Waals surface area contributed by atoms with E-state index in [1.54, 1.807) is 18.0 Å². The van der Waals surface area contributed by atoms with Crippen molar-refractivity contribution in [3.05, 3.63) is 34.4 Å². The third-order valence-electron chi connectivity index (χ3n) is 3.03. The number of rotatable bonds is 7. The van der Waals surface area contributed by atoms with Crippen molar-refractivity contribution in [3.63, 3.8) is 0 Å². The number of nitro groups is 1. The van der Waals surface area contributed by atoms with Gasteiger partial charge >= 0.3 is 0 Å². The van der Waals surface area contributed by atoms with Crippen LogP contribution in [0.1, 0.15) is 13.8 Å². The molecule has 0 aliphatic rings. The number of nitro benzene ring substituents is 1. The topological polar surface area (TPSA) is 98.7 Å². The first-order valence-electron chi connectivity index (χ1n) is 6.56. The van der Waals surface area contributed by atoms with Gasteiger partial charge in [0.1, 0.15) is 5.75 Å². The number of carbonyl (C=O) groups excluding carboxylic acids is 1. The van der Waals surface area contributed by atoms with E-state index in [9.17, 15) is 14.9 Å². The molecule has 0 aromatic heterocycles. The third kappa shape index (κ3) is 5.39. The van der Waals surface area contributed by atoms with Crippen LogP contribution >= 0.6 is 0 Å². The summed E-state index contributed by atoms with van der Waals surface area (Å²) in [5.41, 5.74) is 5.39. The van der Waals surface area contributed by atoms with Crippen LogP contribution in [-0.4, -0.2) is 42.5 Å². The lowest BCUT2D eigenvalue weighted by Gasteiger charge is -2.28. The molecule has 0 saturated heterocycles. The summed E-state index contributed by atoms with van der Waals surface area (Å²) in [6.45, 7) is 4.76. The van der Waals surface area contributed by atoms with Gasteiger partial charge in [0, 0.05) is 19.7 Å². The molecule has 2 N–H and O–H groups in total. The lowest BCUT2D eigenvalue weighted by atomic mass is 9.93. The highest BCUT2D eigenvalue weighted by molar-refractivity contribution is 5.77. The van der Waals surface area contributed by atoms with E-state index in [-0.39, 0.29) is 23.6 Å². The van der Waals surface area contributed by atoms with Crippen LogP contribution in [0, 0.1) is 15.5 Å². The first kappa shape index (κ1) is 16.9. The smallest absolute Gasteiger partial charge is 0.273 e. The van der Waals surface area contributed by atoms with Gasteiger partial charge in [-0.15, -0.1) is 0 Å². The van der Waals surface area contributed by atoms with Crippen LogP contribution in [0.25, 0.3) is 0 Å². The van der Waals surface area contributed by atoms with E-state index < -0.39 is 4.92 Å². The van der Waals surface area contributed by atoms with Crippen LogP contribution in [-0.2, 0) is 4.79 Å². The monoisotopic (exact) mass is 295 g/mol. The fourth-order valence-corrected chi connectivity index (χ4v) is 1.74. The molecular formula is C14H21N3O4. The number of ether oxygens (including phenoxy) is 1. The minimum atomic E-state index is -0.509. The maximum Gasteiger partial charge on any atom is 0.273 e. The van der Waals surface area contributed by atoms with Crippen molar-refractivity contribution in [3.8, 4) is 5.75 Å². The molecule has 7 heteroatoms. The second kappa shape index (κ2) is 7.03. The van der Waals surface area contributed by atoms with Crippen molar-refractivity contribution < 1.29 is 14.5 Å². The first-order chi connectivity index (χ1) is 9.75. The molecule has 0 radical (unpaired) electrons. The molecule has 0 aliphatic heterocycles. The predicted molar refractivity (Wildman–Crippen MR) is 79.1 cm³/mol. The lowest BCUT2D eigenvalue weighted by molar-refractivity contribution is -0.384. The normalized spacial score (nSPS) is 11.0. The number of benzene rings is 1. The summed E-state index contributed by atoms with van der Waals surface area (Å²) in [4.78, 5) is 23.6. The lowest BCUT2D eigenvalue weighted by Crippen LogP contribution is -2.41. The van der Waals surface area contributed by atoms with E-state index >= 15 is 0 Å². The highest BCUT2D eigenvalue weighted by Crippen LogP contribution is 2.19. The van der Waals surface area contributed by atoms with Crippen molar-refractivity contribution in [2.24, 2.45) is 11.1 Å². The fourth-order valence-electron chi connectivity index (χ4n) is 1.74. The zero-order valence-electron chi connectivity index (χ0n) is 12.5. The molecule has 0 saturated carbocycles. The molecule has 0 heterocycles. The standard InChI is InChI=1S/C14H21N3O4/c1-14(2,9-15)10-16(3)13(18)8-21-12-6-4-5-11(7-12)17(19)20/h4-7H,8-10,15H2,1-3H3. The zero-order valence-corrected chi connectivity index (χ0v) is 12.5. The molecular weight excluding hydrogens is 274 g/mol. The Hall–Kier alpha value is -2.15. The van der Waals surface area contributed by atoms with Crippen LogP contribution < -0.4 is 10.5 Å². The van der Waals surface area contributed by atoms with Crippen molar-refractivity contribution in [1.29, 1.82) is 0 Å². The van der Waals surface area contributed by atoms with Gasteiger partial charge in [-0.2, -0.15) is 0 Å². The number of non-ortho nitro benzene ring substituents is 1. The highest BCUT2D eigenvalue weighted by atomic mass is 16.6. The molecule has 0 fully saturated rings. The average molecular weight is 295 g/mol. The summed E-state index contributed by atoms with van der Waals surface area (Å²) in [7, 11) is 1.68. The molecule has 21 heavy (non-hydrogen) atoms. The Bertz CT molecular complexity index is 517. The van der Waals surface area contributed by atoms with Gasteiger partial charge in [-0.1, -0.05) is 19.9 Å². The SMILES string of the molecule is CN(CC(C)(C)CN)C(=O)COc1cccc([N+](=O)[O-])c1. The van der Waals surface area contributed by atoms with Gasteiger partial charge in [0.15, 0.2) is 6.61 Å². The summed E-state index contributed by atoms with van der Waals surface area (Å²) < 4.78 is 5.30. The Labute approximate surface area is 123 Å². The Kier molecular flexibility index (Phi) is 5.66. The van der Waals surface area contributed by atoms with Crippen molar-refractivity contribution >= 4 is 11.6 Å². The molecule has 1 aromatic carbocycles. The summed E-state index contributed by atoms with van der Waals surface area (Å²) >= 11 is 0. The summed E-state index contributed by atoms with van der Waals surface area (Å²) in [5, 5.41) is 10.7. The van der Waals surface area contributed by atoms with E-state index in [2.05, 4.69) is 0 Å². The number of amides is 1. The molecule has 0 unspecified atom stereocenters. The Morgan fingerprint density at radius 1 is 1.48 bits per heavy atom. The second-order valence-corrected chi connectivity index (χ2v) is 5.66. The predicted octanol–water partition coefficient (Wildman–Crippen LogP) is 1.42. The highest BCUT2D eigenvalue weighted by Gasteiger charge is 2.21. The molecule has 0 aliphatic carbocycles.